The molecule has 0 saturated heterocycles. The van der Waals surface area contributed by atoms with E-state index in [9.17, 15) is 14.7 Å². The molecular formula is C29H50N4O5. The number of nitrogens with zero attached hydrogens (tertiary/aromatic N) is 2. The van der Waals surface area contributed by atoms with Crippen LogP contribution in [0.25, 0.3) is 0 Å². The SMILES string of the molecule is CCCN(C)C[C@H]1OCCCC[C@@H](C)Oc2ccc(NC(=O)NC(C)C)cc2C(=O)N([C@@H](C)CO)C[C@H]1C. The molecule has 3 amide bonds. The molecule has 2 rings (SSSR count). The lowest BCUT2D eigenvalue weighted by molar-refractivity contribution is -0.0167. The average molecular weight is 535 g/mol. The number of benzene rings is 1. The highest BCUT2D eigenvalue weighted by molar-refractivity contribution is 5.99. The van der Waals surface area contributed by atoms with E-state index < -0.39 is 6.04 Å². The van der Waals surface area contributed by atoms with Gasteiger partial charge in [-0.3, -0.25) is 4.79 Å². The molecule has 4 atom stereocenters. The normalized spacial score (nSPS) is 22.4. The zero-order valence-electron chi connectivity index (χ0n) is 24.5. The van der Waals surface area contributed by atoms with Crippen molar-refractivity contribution in [1.29, 1.82) is 0 Å². The predicted molar refractivity (Wildman–Crippen MR) is 152 cm³/mol. The minimum Gasteiger partial charge on any atom is -0.490 e. The van der Waals surface area contributed by atoms with E-state index in [2.05, 4.69) is 36.4 Å². The Morgan fingerprint density at radius 1 is 1.24 bits per heavy atom. The number of carbonyl (C=O) groups excluding carboxylic acids is 2. The molecule has 1 aromatic carbocycles. The molecular weight excluding hydrogens is 484 g/mol. The zero-order chi connectivity index (χ0) is 28.2. The highest BCUT2D eigenvalue weighted by Gasteiger charge is 2.30. The van der Waals surface area contributed by atoms with E-state index in [0.29, 0.717) is 30.2 Å². The molecule has 1 aliphatic rings. The number of nitrogens with one attached hydrogen (secondary N) is 2. The molecule has 0 aliphatic carbocycles. The molecule has 1 heterocycles. The number of anilines is 1. The van der Waals surface area contributed by atoms with E-state index >= 15 is 0 Å². The van der Waals surface area contributed by atoms with E-state index in [0.717, 1.165) is 38.8 Å². The second kappa shape index (κ2) is 15.9. The summed E-state index contributed by atoms with van der Waals surface area (Å²) in [5, 5.41) is 15.7. The van der Waals surface area contributed by atoms with E-state index in [-0.39, 0.29) is 42.7 Å². The van der Waals surface area contributed by atoms with Gasteiger partial charge in [0.1, 0.15) is 5.75 Å². The fourth-order valence-corrected chi connectivity index (χ4v) is 4.67. The molecule has 0 saturated carbocycles. The summed E-state index contributed by atoms with van der Waals surface area (Å²) in [4.78, 5) is 30.4. The summed E-state index contributed by atoms with van der Waals surface area (Å²) in [5.74, 6) is 0.274. The van der Waals surface area contributed by atoms with E-state index in [4.69, 9.17) is 9.47 Å². The first kappa shape index (κ1) is 31.9. The first-order valence-corrected chi connectivity index (χ1v) is 14.2. The van der Waals surface area contributed by atoms with Gasteiger partial charge in [-0.1, -0.05) is 13.8 Å². The van der Waals surface area contributed by atoms with Crippen LogP contribution in [-0.2, 0) is 4.74 Å². The van der Waals surface area contributed by atoms with Crippen molar-refractivity contribution in [3.05, 3.63) is 23.8 Å². The van der Waals surface area contributed by atoms with Crippen LogP contribution >= 0.6 is 0 Å². The summed E-state index contributed by atoms with van der Waals surface area (Å²) < 4.78 is 12.6. The van der Waals surface area contributed by atoms with Gasteiger partial charge < -0.3 is 35.0 Å². The molecule has 1 aromatic rings. The lowest BCUT2D eigenvalue weighted by atomic mass is 10.0. The van der Waals surface area contributed by atoms with E-state index in [1.807, 2.05) is 27.7 Å². The topological polar surface area (TPSA) is 103 Å². The molecule has 216 valence electrons. The third kappa shape index (κ3) is 10.1. The number of hydrogen-bond acceptors (Lipinski definition) is 6. The van der Waals surface area contributed by atoms with E-state index in [1.165, 1.54) is 0 Å². The smallest absolute Gasteiger partial charge is 0.319 e. The van der Waals surface area contributed by atoms with Gasteiger partial charge in [0, 0.05) is 37.3 Å². The van der Waals surface area contributed by atoms with Crippen LogP contribution in [0.2, 0.25) is 0 Å². The maximum Gasteiger partial charge on any atom is 0.319 e. The summed E-state index contributed by atoms with van der Waals surface area (Å²) >= 11 is 0. The fourth-order valence-electron chi connectivity index (χ4n) is 4.67. The standard InChI is InChI=1S/C29H50N4O5/c1-8-14-32(7)18-27-21(4)17-33(22(5)19-34)28(35)25-16-24(31-29(36)30-20(2)3)12-13-26(25)38-23(6)11-9-10-15-37-27/h12-13,16,20-23,27,34H,8-11,14-15,17-19H2,1-7H3,(H2,30,31,36)/t21-,22+,23-,27-/m1/s1. The van der Waals surface area contributed by atoms with Crippen molar-refractivity contribution in [2.24, 2.45) is 5.92 Å². The van der Waals surface area contributed by atoms with Crippen molar-refractivity contribution < 1.29 is 24.2 Å². The maximum absolute atomic E-state index is 14.1. The third-order valence-electron chi connectivity index (χ3n) is 6.83. The number of hydrogen-bond donors (Lipinski definition) is 3. The second-order valence-corrected chi connectivity index (χ2v) is 11.0. The number of fused-ring (bicyclic) bond motifs is 1. The molecule has 0 bridgehead atoms. The van der Waals surface area contributed by atoms with Crippen molar-refractivity contribution >= 4 is 17.6 Å². The largest absolute Gasteiger partial charge is 0.490 e. The van der Waals surface area contributed by atoms with Gasteiger partial charge in [0.05, 0.1) is 30.4 Å². The van der Waals surface area contributed by atoms with Gasteiger partial charge in [0.25, 0.3) is 5.91 Å². The van der Waals surface area contributed by atoms with Crippen molar-refractivity contribution in [2.75, 3.05) is 45.2 Å². The summed E-state index contributed by atoms with van der Waals surface area (Å²) in [7, 11) is 2.10. The molecule has 38 heavy (non-hydrogen) atoms. The molecule has 0 aromatic heterocycles. The minimum atomic E-state index is -0.405. The summed E-state index contributed by atoms with van der Waals surface area (Å²) in [6, 6.07) is 4.40. The highest BCUT2D eigenvalue weighted by Crippen LogP contribution is 2.28. The van der Waals surface area contributed by atoms with Crippen LogP contribution in [0, 0.1) is 5.92 Å². The molecule has 0 fully saturated rings. The predicted octanol–water partition coefficient (Wildman–Crippen LogP) is 4.35. The van der Waals surface area contributed by atoms with Gasteiger partial charge in [0.15, 0.2) is 0 Å². The first-order valence-electron chi connectivity index (χ1n) is 14.2. The number of rotatable bonds is 8. The van der Waals surface area contributed by atoms with Gasteiger partial charge in [-0.2, -0.15) is 0 Å². The number of urea groups is 1. The lowest BCUT2D eigenvalue weighted by Crippen LogP contribution is -2.47. The Kier molecular flexibility index (Phi) is 13.3. The molecule has 3 N–H and O–H groups in total. The van der Waals surface area contributed by atoms with Crippen LogP contribution in [0.3, 0.4) is 0 Å². The monoisotopic (exact) mass is 534 g/mol. The van der Waals surface area contributed by atoms with Crippen LogP contribution < -0.4 is 15.4 Å². The fraction of sp³-hybridized carbons (Fsp3) is 0.724. The van der Waals surface area contributed by atoms with Crippen molar-refractivity contribution in [3.63, 3.8) is 0 Å². The summed E-state index contributed by atoms with van der Waals surface area (Å²) in [6.45, 7) is 14.5. The Bertz CT molecular complexity index is 881. The summed E-state index contributed by atoms with van der Waals surface area (Å²) in [5.41, 5.74) is 0.865. The number of ether oxygens (including phenoxy) is 2. The quantitative estimate of drug-likeness (QED) is 0.458. The molecule has 9 nitrogen and oxygen atoms in total. The first-order chi connectivity index (χ1) is 18.0. The molecule has 1 aliphatic heterocycles. The Balaban J connectivity index is 2.45. The van der Waals surface area contributed by atoms with Gasteiger partial charge in [0.2, 0.25) is 0 Å². The van der Waals surface area contributed by atoms with E-state index in [1.54, 1.807) is 23.1 Å². The summed E-state index contributed by atoms with van der Waals surface area (Å²) in [6.07, 6.45) is 3.65. The second-order valence-electron chi connectivity index (χ2n) is 11.0. The maximum atomic E-state index is 14.1. The van der Waals surface area contributed by atoms with Crippen LogP contribution in [0.15, 0.2) is 18.2 Å². The minimum absolute atomic E-state index is 0.0213. The van der Waals surface area contributed by atoms with Gasteiger partial charge >= 0.3 is 6.03 Å². The zero-order valence-corrected chi connectivity index (χ0v) is 24.5. The number of aliphatic hydroxyl groups is 1. The van der Waals surface area contributed by atoms with Gasteiger partial charge in [-0.05, 0) is 85.2 Å². The van der Waals surface area contributed by atoms with Crippen molar-refractivity contribution in [1.82, 2.24) is 15.1 Å². The molecule has 0 spiro atoms. The third-order valence-corrected chi connectivity index (χ3v) is 6.83. The number of aliphatic hydroxyl groups excluding tert-OH is 1. The molecule has 0 radical (unpaired) electrons. The Labute approximate surface area is 229 Å². The van der Waals surface area contributed by atoms with Crippen LogP contribution in [0.1, 0.15) is 77.6 Å². The lowest BCUT2D eigenvalue weighted by Gasteiger charge is -2.35. The van der Waals surface area contributed by atoms with Crippen LogP contribution in [-0.4, -0.2) is 91.0 Å². The Hall–Kier alpha value is -2.36. The highest BCUT2D eigenvalue weighted by atomic mass is 16.5. The van der Waals surface area contributed by atoms with Crippen LogP contribution in [0.4, 0.5) is 10.5 Å². The number of amides is 3. The Morgan fingerprint density at radius 2 is 1.97 bits per heavy atom. The number of likely N-dealkylation sites (N-methyl/N-ethyl adjacent to an activating group) is 1. The van der Waals surface area contributed by atoms with Crippen LogP contribution in [0.5, 0.6) is 5.75 Å². The Morgan fingerprint density at radius 3 is 2.63 bits per heavy atom. The van der Waals surface area contributed by atoms with Crippen molar-refractivity contribution in [2.45, 2.75) is 91.5 Å². The van der Waals surface area contributed by atoms with Gasteiger partial charge in [-0.25, -0.2) is 4.79 Å². The molecule has 0 unspecified atom stereocenters. The molecule has 9 heteroatoms. The number of carbonyl (C=O) groups is 2. The van der Waals surface area contributed by atoms with Crippen molar-refractivity contribution in [3.8, 4) is 5.75 Å². The van der Waals surface area contributed by atoms with Gasteiger partial charge in [-0.15, -0.1) is 0 Å². The average Bonchev–Trinajstić information content (AvgIpc) is 2.85.